The van der Waals surface area contributed by atoms with Gasteiger partial charge in [-0.1, -0.05) is 54.9 Å². The number of aromatic nitrogens is 2. The molecule has 2 heterocycles. The van der Waals surface area contributed by atoms with Gasteiger partial charge >= 0.3 is 0 Å². The molecule has 152 valence electrons. The molecule has 0 bridgehead atoms. The number of benzene rings is 2. The fourth-order valence-corrected chi connectivity index (χ4v) is 4.53. The molecule has 0 saturated carbocycles. The van der Waals surface area contributed by atoms with Crippen LogP contribution >= 0.6 is 22.9 Å². The van der Waals surface area contributed by atoms with E-state index >= 15 is 0 Å². The topological polar surface area (TPSA) is 64.0 Å². The van der Waals surface area contributed by atoms with Gasteiger partial charge in [-0.05, 0) is 36.6 Å². The van der Waals surface area contributed by atoms with Crippen LogP contribution in [0.15, 0.2) is 65.0 Å². The molecule has 5 nitrogen and oxygen atoms in total. The zero-order valence-electron chi connectivity index (χ0n) is 16.6. The van der Waals surface area contributed by atoms with Gasteiger partial charge in [-0.2, -0.15) is 0 Å². The van der Waals surface area contributed by atoms with E-state index < -0.39 is 6.04 Å². The molecule has 1 atom stereocenters. The fourth-order valence-electron chi connectivity index (χ4n) is 3.45. The normalized spacial score (nSPS) is 12.1. The quantitative estimate of drug-likeness (QED) is 0.437. The van der Waals surface area contributed by atoms with Crippen molar-refractivity contribution in [2.24, 2.45) is 0 Å². The molecule has 0 saturated heterocycles. The van der Waals surface area contributed by atoms with Crippen molar-refractivity contribution >= 4 is 44.7 Å². The smallest absolute Gasteiger partial charge is 0.263 e. The molecule has 0 radical (unpaired) electrons. The van der Waals surface area contributed by atoms with Gasteiger partial charge in [0.25, 0.3) is 5.56 Å². The summed E-state index contributed by atoms with van der Waals surface area (Å²) in [5, 5.41) is 5.92. The molecule has 1 unspecified atom stereocenters. The molecule has 2 aromatic carbocycles. The third-order valence-electron chi connectivity index (χ3n) is 5.09. The number of rotatable bonds is 5. The van der Waals surface area contributed by atoms with Gasteiger partial charge in [0.1, 0.15) is 10.9 Å². The van der Waals surface area contributed by atoms with Gasteiger partial charge in [0.2, 0.25) is 5.91 Å². The number of nitrogens with one attached hydrogen (secondary N) is 1. The average Bonchev–Trinajstić information content (AvgIpc) is 3.18. The minimum absolute atomic E-state index is 0.218. The standard InChI is InChI=1S/C23H20ClN3O2S/c1-3-19(21(28)26-18-11-16(24)10-9-14(18)2)27-13-25-22-20(23(27)29)17(12-30-22)15-7-5-4-6-8-15/h4-13,19H,3H2,1-2H3,(H,26,28). The van der Waals surface area contributed by atoms with Crippen molar-refractivity contribution in [1.82, 2.24) is 9.55 Å². The summed E-state index contributed by atoms with van der Waals surface area (Å²) in [7, 11) is 0. The number of thiophene rings is 1. The number of hydrogen-bond donors (Lipinski definition) is 1. The number of amides is 1. The number of fused-ring (bicyclic) bond motifs is 1. The van der Waals surface area contributed by atoms with Gasteiger partial charge in [-0.3, -0.25) is 14.2 Å². The van der Waals surface area contributed by atoms with Crippen LogP contribution in [0.4, 0.5) is 5.69 Å². The Morgan fingerprint density at radius 2 is 2.00 bits per heavy atom. The van der Waals surface area contributed by atoms with Crippen LogP contribution in [0.25, 0.3) is 21.3 Å². The summed E-state index contributed by atoms with van der Waals surface area (Å²) >= 11 is 7.49. The van der Waals surface area contributed by atoms with Gasteiger partial charge in [-0.25, -0.2) is 4.98 Å². The van der Waals surface area contributed by atoms with Crippen LogP contribution in [0, 0.1) is 6.92 Å². The molecule has 0 fully saturated rings. The number of carbonyl (C=O) groups is 1. The first-order chi connectivity index (χ1) is 14.5. The molecular formula is C23H20ClN3O2S. The first-order valence-corrected chi connectivity index (χ1v) is 10.9. The maximum atomic E-state index is 13.4. The SMILES string of the molecule is CCC(C(=O)Nc1cc(Cl)ccc1C)n1cnc2scc(-c3ccccc3)c2c1=O. The fraction of sp³-hybridized carbons (Fsp3) is 0.174. The Balaban J connectivity index is 1.75. The van der Waals surface area contributed by atoms with E-state index in [1.165, 1.54) is 22.2 Å². The lowest BCUT2D eigenvalue weighted by atomic mass is 10.1. The third-order valence-corrected chi connectivity index (χ3v) is 6.21. The van der Waals surface area contributed by atoms with E-state index in [-0.39, 0.29) is 11.5 Å². The van der Waals surface area contributed by atoms with Gasteiger partial charge in [0, 0.05) is 21.7 Å². The van der Waals surface area contributed by atoms with Crippen LogP contribution in [0.5, 0.6) is 0 Å². The van der Waals surface area contributed by atoms with E-state index in [1.54, 1.807) is 12.1 Å². The lowest BCUT2D eigenvalue weighted by Gasteiger charge is -2.18. The maximum absolute atomic E-state index is 13.4. The van der Waals surface area contributed by atoms with Crippen LogP contribution in [-0.4, -0.2) is 15.5 Å². The minimum Gasteiger partial charge on any atom is -0.324 e. The summed E-state index contributed by atoms with van der Waals surface area (Å²) in [6.07, 6.45) is 1.91. The van der Waals surface area contributed by atoms with Crippen molar-refractivity contribution in [1.29, 1.82) is 0 Å². The highest BCUT2D eigenvalue weighted by Crippen LogP contribution is 2.31. The number of carbonyl (C=O) groups excluding carboxylic acids is 1. The number of anilines is 1. The zero-order chi connectivity index (χ0) is 21.3. The van der Waals surface area contributed by atoms with Gasteiger partial charge < -0.3 is 5.32 Å². The number of aryl methyl sites for hydroxylation is 1. The van der Waals surface area contributed by atoms with Gasteiger partial charge in [0.15, 0.2) is 0 Å². The molecule has 1 amide bonds. The first kappa shape index (κ1) is 20.3. The Kier molecular flexibility index (Phi) is 5.70. The molecule has 0 aliphatic carbocycles. The van der Waals surface area contributed by atoms with Crippen LogP contribution in [-0.2, 0) is 4.79 Å². The summed E-state index contributed by atoms with van der Waals surface area (Å²) in [5.74, 6) is -0.275. The summed E-state index contributed by atoms with van der Waals surface area (Å²) < 4.78 is 1.43. The van der Waals surface area contributed by atoms with E-state index in [0.29, 0.717) is 27.3 Å². The molecule has 7 heteroatoms. The highest BCUT2D eigenvalue weighted by atomic mass is 35.5. The molecule has 0 aliphatic rings. The van der Waals surface area contributed by atoms with Crippen molar-refractivity contribution < 1.29 is 4.79 Å². The van der Waals surface area contributed by atoms with Crippen molar-refractivity contribution in [3.8, 4) is 11.1 Å². The summed E-state index contributed by atoms with van der Waals surface area (Å²) in [4.78, 5) is 31.6. The summed E-state index contributed by atoms with van der Waals surface area (Å²) in [6.45, 7) is 3.77. The van der Waals surface area contributed by atoms with Crippen LogP contribution in [0.1, 0.15) is 24.9 Å². The second-order valence-electron chi connectivity index (χ2n) is 7.03. The molecule has 2 aromatic heterocycles. The second kappa shape index (κ2) is 8.42. The maximum Gasteiger partial charge on any atom is 0.263 e. The predicted molar refractivity (Wildman–Crippen MR) is 123 cm³/mol. The van der Waals surface area contributed by atoms with E-state index in [4.69, 9.17) is 11.6 Å². The van der Waals surface area contributed by atoms with Crippen LogP contribution in [0.2, 0.25) is 5.02 Å². The number of halogens is 1. The Morgan fingerprint density at radius 3 is 2.73 bits per heavy atom. The molecular weight excluding hydrogens is 418 g/mol. The van der Waals surface area contributed by atoms with Crippen LogP contribution < -0.4 is 10.9 Å². The Bertz CT molecular complexity index is 1280. The molecule has 4 aromatic rings. The van der Waals surface area contributed by atoms with Gasteiger partial charge in [-0.15, -0.1) is 11.3 Å². The summed E-state index contributed by atoms with van der Waals surface area (Å²) in [5.41, 5.74) is 3.10. The molecule has 1 N–H and O–H groups in total. The van der Waals surface area contributed by atoms with Crippen molar-refractivity contribution in [3.63, 3.8) is 0 Å². The lowest BCUT2D eigenvalue weighted by molar-refractivity contribution is -0.119. The molecule has 30 heavy (non-hydrogen) atoms. The monoisotopic (exact) mass is 437 g/mol. The van der Waals surface area contributed by atoms with Crippen molar-refractivity contribution in [3.05, 3.63) is 81.2 Å². The second-order valence-corrected chi connectivity index (χ2v) is 8.32. The van der Waals surface area contributed by atoms with Crippen molar-refractivity contribution in [2.75, 3.05) is 5.32 Å². The zero-order valence-corrected chi connectivity index (χ0v) is 18.1. The first-order valence-electron chi connectivity index (χ1n) is 9.60. The van der Waals surface area contributed by atoms with E-state index in [2.05, 4.69) is 10.3 Å². The van der Waals surface area contributed by atoms with E-state index in [1.807, 2.05) is 55.6 Å². The Morgan fingerprint density at radius 1 is 1.23 bits per heavy atom. The van der Waals surface area contributed by atoms with E-state index in [9.17, 15) is 9.59 Å². The molecule has 0 spiro atoms. The van der Waals surface area contributed by atoms with Crippen LogP contribution in [0.3, 0.4) is 0 Å². The predicted octanol–water partition coefficient (Wildman–Crippen LogP) is 5.68. The lowest BCUT2D eigenvalue weighted by Crippen LogP contribution is -2.33. The average molecular weight is 438 g/mol. The largest absolute Gasteiger partial charge is 0.324 e. The Labute approximate surface area is 183 Å². The van der Waals surface area contributed by atoms with E-state index in [0.717, 1.165) is 16.7 Å². The molecule has 4 rings (SSSR count). The highest BCUT2D eigenvalue weighted by Gasteiger charge is 2.23. The molecule has 0 aliphatic heterocycles. The number of nitrogens with zero attached hydrogens (tertiary/aromatic N) is 2. The highest BCUT2D eigenvalue weighted by molar-refractivity contribution is 7.17. The Hall–Kier alpha value is -2.96. The third kappa shape index (κ3) is 3.76. The number of hydrogen-bond acceptors (Lipinski definition) is 4. The van der Waals surface area contributed by atoms with Crippen molar-refractivity contribution in [2.45, 2.75) is 26.3 Å². The summed E-state index contributed by atoms with van der Waals surface area (Å²) in [6, 6.07) is 14.4. The van der Waals surface area contributed by atoms with Gasteiger partial charge in [0.05, 0.1) is 11.7 Å². The minimum atomic E-state index is -0.684.